The zero-order valence-electron chi connectivity index (χ0n) is 40.5. The number of carbonyl (C=O) groups excluding carboxylic acids is 3. The van der Waals surface area contributed by atoms with Crippen molar-refractivity contribution in [3.05, 3.63) is 85.1 Å². The topological polar surface area (TPSA) is 349 Å². The van der Waals surface area contributed by atoms with Crippen LogP contribution >= 0.6 is 0 Å². The predicted molar refractivity (Wildman–Crippen MR) is 276 cm³/mol. The molecule has 0 fully saturated rings. The molecule has 0 bridgehead atoms. The molecular formula is C48H62N20O4. The summed E-state index contributed by atoms with van der Waals surface area (Å²) in [5, 5.41) is 35.3. The second-order valence-electron chi connectivity index (χ2n) is 17.5. The molecule has 0 aliphatic rings. The number of pyridine rings is 4. The van der Waals surface area contributed by atoms with Gasteiger partial charge in [-0.1, -0.05) is 19.4 Å². The summed E-state index contributed by atoms with van der Waals surface area (Å²) < 4.78 is 0. The highest BCUT2D eigenvalue weighted by atomic mass is 16.3. The number of rotatable bonds is 27. The normalized spacial score (nSPS) is 12.7. The van der Waals surface area contributed by atoms with Crippen LogP contribution in [0.25, 0.3) is 33.1 Å². The Balaban J connectivity index is 1.02. The lowest BCUT2D eigenvalue weighted by molar-refractivity contribution is -0.123. The van der Waals surface area contributed by atoms with Crippen molar-refractivity contribution in [1.29, 1.82) is 0 Å². The third kappa shape index (κ3) is 14.6. The minimum Gasteiger partial charge on any atom is -0.389 e. The van der Waals surface area contributed by atoms with Crippen LogP contribution < -0.4 is 54.0 Å². The molecule has 0 saturated heterocycles. The van der Waals surface area contributed by atoms with Gasteiger partial charge in [-0.05, 0) is 94.5 Å². The van der Waals surface area contributed by atoms with E-state index >= 15 is 0 Å². The van der Waals surface area contributed by atoms with E-state index in [-0.39, 0.29) is 55.8 Å². The van der Waals surface area contributed by atoms with Crippen LogP contribution in [-0.2, 0) is 20.9 Å². The van der Waals surface area contributed by atoms with Crippen LogP contribution in [0.3, 0.4) is 0 Å². The Labute approximate surface area is 415 Å². The lowest BCUT2D eigenvalue weighted by Gasteiger charge is -2.23. The Kier molecular flexibility index (Phi) is 17.9. The Bertz CT molecular complexity index is 2920. The zero-order valence-corrected chi connectivity index (χ0v) is 40.5. The minimum absolute atomic E-state index is 0.0389. The number of hydrogen-bond acceptors (Lipinski definition) is 21. The second kappa shape index (κ2) is 25.0. The number of carbonyl (C=O) groups is 3. The van der Waals surface area contributed by atoms with E-state index in [9.17, 15) is 19.5 Å². The van der Waals surface area contributed by atoms with Gasteiger partial charge in [-0.15, -0.1) is 0 Å². The van der Waals surface area contributed by atoms with E-state index < -0.39 is 23.7 Å². The molecule has 7 aromatic heterocycles. The van der Waals surface area contributed by atoms with Crippen molar-refractivity contribution in [3.63, 3.8) is 0 Å². The molecule has 24 nitrogen and oxygen atoms in total. The first-order valence-electron chi connectivity index (χ1n) is 23.9. The Hall–Kier alpha value is -8.25. The molecule has 7 aromatic rings. The third-order valence-electron chi connectivity index (χ3n) is 11.1. The van der Waals surface area contributed by atoms with Gasteiger partial charge in [-0.3, -0.25) is 34.3 Å². The van der Waals surface area contributed by atoms with Gasteiger partial charge in [0.25, 0.3) is 0 Å². The number of anilines is 6. The molecule has 378 valence electrons. The number of amides is 3. The van der Waals surface area contributed by atoms with Crippen molar-refractivity contribution in [1.82, 2.24) is 65.8 Å². The molecule has 3 amide bonds. The summed E-state index contributed by atoms with van der Waals surface area (Å²) in [5.41, 5.74) is 14.5. The summed E-state index contributed by atoms with van der Waals surface area (Å²) in [5.74, 6) is 0.849. The summed E-state index contributed by atoms with van der Waals surface area (Å²) in [4.78, 5) is 86.0. The fourth-order valence-electron chi connectivity index (χ4n) is 7.53. The smallest absolute Gasteiger partial charge is 0.242 e. The predicted octanol–water partition coefficient (Wildman–Crippen LogP) is 2.88. The van der Waals surface area contributed by atoms with Gasteiger partial charge in [-0.2, -0.15) is 15.0 Å². The molecular weight excluding hydrogens is 921 g/mol. The minimum atomic E-state index is -1.08. The maximum atomic E-state index is 13.7. The molecule has 72 heavy (non-hydrogen) atoms. The molecule has 0 aliphatic heterocycles. The zero-order chi connectivity index (χ0) is 50.9. The van der Waals surface area contributed by atoms with Crippen molar-refractivity contribution in [2.75, 3.05) is 65.0 Å². The highest BCUT2D eigenvalue weighted by molar-refractivity contribution is 5.92. The number of nitrogen functional groups attached to an aromatic ring is 1. The van der Waals surface area contributed by atoms with Crippen LogP contribution in [-0.4, -0.2) is 129 Å². The van der Waals surface area contributed by atoms with Gasteiger partial charge < -0.3 is 59.1 Å². The van der Waals surface area contributed by atoms with Gasteiger partial charge in [0.2, 0.25) is 35.6 Å². The first kappa shape index (κ1) is 51.6. The van der Waals surface area contributed by atoms with E-state index in [1.807, 2.05) is 31.2 Å². The first-order valence-corrected chi connectivity index (χ1v) is 23.9. The summed E-state index contributed by atoms with van der Waals surface area (Å²) >= 11 is 0. The van der Waals surface area contributed by atoms with Crippen LogP contribution in [0.4, 0.5) is 35.3 Å². The molecule has 0 aliphatic carbocycles. The number of nitrogens with two attached hydrogens (primary N) is 2. The lowest BCUT2D eigenvalue weighted by atomic mass is 10.1. The Morgan fingerprint density at radius 3 is 1.57 bits per heavy atom. The van der Waals surface area contributed by atoms with Crippen molar-refractivity contribution in [3.8, 4) is 0 Å². The van der Waals surface area contributed by atoms with E-state index in [0.29, 0.717) is 107 Å². The van der Waals surface area contributed by atoms with E-state index in [2.05, 4.69) is 77.4 Å². The fourth-order valence-corrected chi connectivity index (χ4v) is 7.53. The van der Waals surface area contributed by atoms with Crippen molar-refractivity contribution in [2.24, 2.45) is 5.73 Å². The molecule has 0 unspecified atom stereocenters. The third-order valence-corrected chi connectivity index (χ3v) is 11.1. The van der Waals surface area contributed by atoms with E-state index in [1.54, 1.807) is 69.0 Å². The maximum Gasteiger partial charge on any atom is 0.242 e. The van der Waals surface area contributed by atoms with Gasteiger partial charge in [0.15, 0.2) is 17.5 Å². The SMILES string of the molecule is CCC[C@H](Nc1nc(NCCC[C@H](Nc2nc(NCCC[C@H](Nc3nc(N)nc4cccnc34)C(=O)NCc3ccccn3)nc3cccnc23)C(=O)NCCN)nc2cccnc12)C(=O)NCC(C)(C)O. The largest absolute Gasteiger partial charge is 0.389 e. The molecule has 0 aromatic carbocycles. The number of nitrogens with zero attached hydrogens (tertiary/aromatic N) is 10. The molecule has 3 atom stereocenters. The fraction of sp³-hybridized carbons (Fsp3) is 0.396. The van der Waals surface area contributed by atoms with E-state index in [4.69, 9.17) is 26.4 Å². The molecule has 24 heteroatoms. The number of fused-ring (bicyclic) bond motifs is 3. The summed E-state index contributed by atoms with van der Waals surface area (Å²) in [6.07, 6.45) is 9.46. The van der Waals surface area contributed by atoms with Gasteiger partial charge in [0.05, 0.1) is 34.4 Å². The van der Waals surface area contributed by atoms with Gasteiger partial charge in [-0.25, -0.2) is 15.0 Å². The van der Waals surface area contributed by atoms with Crippen molar-refractivity contribution < 1.29 is 19.5 Å². The van der Waals surface area contributed by atoms with Gasteiger partial charge in [0.1, 0.15) is 34.7 Å². The summed E-state index contributed by atoms with van der Waals surface area (Å²) in [7, 11) is 0. The molecule has 7 heterocycles. The summed E-state index contributed by atoms with van der Waals surface area (Å²) in [6, 6.07) is 14.0. The molecule has 0 radical (unpaired) electrons. The highest BCUT2D eigenvalue weighted by Crippen LogP contribution is 2.25. The Morgan fingerprint density at radius 2 is 1.07 bits per heavy atom. The number of hydrogen-bond donors (Lipinski definition) is 11. The van der Waals surface area contributed by atoms with Crippen molar-refractivity contribution >= 4 is 86.1 Å². The van der Waals surface area contributed by atoms with E-state index in [0.717, 1.165) is 6.42 Å². The van der Waals surface area contributed by atoms with Crippen LogP contribution in [0.2, 0.25) is 0 Å². The second-order valence-corrected chi connectivity index (χ2v) is 17.5. The maximum absolute atomic E-state index is 13.7. The molecule has 0 saturated carbocycles. The molecule has 13 N–H and O–H groups in total. The van der Waals surface area contributed by atoms with Gasteiger partial charge >= 0.3 is 0 Å². The Morgan fingerprint density at radius 1 is 0.583 bits per heavy atom. The van der Waals surface area contributed by atoms with Crippen LogP contribution in [0.15, 0.2) is 79.4 Å². The van der Waals surface area contributed by atoms with Gasteiger partial charge in [0, 0.05) is 57.5 Å². The quantitative estimate of drug-likeness (QED) is 0.0330. The van der Waals surface area contributed by atoms with Crippen LogP contribution in [0.5, 0.6) is 0 Å². The van der Waals surface area contributed by atoms with Crippen LogP contribution in [0, 0.1) is 0 Å². The van der Waals surface area contributed by atoms with Crippen LogP contribution in [0.1, 0.15) is 65.0 Å². The van der Waals surface area contributed by atoms with Crippen molar-refractivity contribution in [2.45, 2.75) is 89.6 Å². The lowest BCUT2D eigenvalue weighted by Crippen LogP contribution is -2.45. The monoisotopic (exact) mass is 983 g/mol. The number of nitrogens with one attached hydrogen (secondary N) is 8. The molecule has 0 spiro atoms. The average molecular weight is 983 g/mol. The first-order chi connectivity index (χ1) is 34.9. The summed E-state index contributed by atoms with van der Waals surface area (Å²) in [6.45, 7) is 6.80. The molecule has 7 rings (SSSR count). The van der Waals surface area contributed by atoms with E-state index in [1.165, 1.54) is 0 Å². The average Bonchev–Trinajstić information content (AvgIpc) is 3.38. The highest BCUT2D eigenvalue weighted by Gasteiger charge is 2.25. The number of aromatic nitrogens is 10. The number of aliphatic hydroxyl groups is 1. The standard InChI is InChI=1S/C48H62N20O4/c1-4-12-33(44(71)59-28-48(2,3)72)60-40-37-31(15-8-22-53-37)64-46(67-40)56-24-10-17-34(42(69)55-26-19-49)62-41-38-32(16-9-23-54-38)65-47(68-41)57-25-11-18-35(43(70)58-27-29-13-5-6-20-51-29)61-39-36-30(14-7-21-52-36)63-45(50)66-39/h5-9,13-16,20-23,33-35,72H,4,10-12,17-19,24-28,49H2,1-3H3,(H,55,69)(H,58,70)(H,59,71)(H3,50,61,63,66)(H2,56,60,64,67)(H2,57,62,65,68)/t33-,34-,35-/m0/s1.